The maximum absolute atomic E-state index is 12.1. The molecule has 20 heavy (non-hydrogen) atoms. The molecule has 0 aliphatic carbocycles. The fraction of sp³-hybridized carbons (Fsp3) is 0.867. The topological polar surface area (TPSA) is 75.4 Å². The summed E-state index contributed by atoms with van der Waals surface area (Å²) in [6.45, 7) is 7.95. The van der Waals surface area contributed by atoms with Gasteiger partial charge in [-0.2, -0.15) is 0 Å². The van der Waals surface area contributed by atoms with Gasteiger partial charge in [0.2, 0.25) is 11.8 Å². The standard InChI is InChI=1S/C15H29N3O2/c1-15(2,3)14(20)18-10-7-12(8-11-18)17-13(19)6-4-5-9-16/h12H,4-11,16H2,1-3H3,(H,17,19). The molecular weight excluding hydrogens is 254 g/mol. The van der Waals surface area contributed by atoms with Crippen molar-refractivity contribution in [3.63, 3.8) is 0 Å². The number of nitrogens with two attached hydrogens (primary N) is 1. The SMILES string of the molecule is CC(C)(C)C(=O)N1CCC(NC(=O)CCCCN)CC1. The van der Waals surface area contributed by atoms with Crippen molar-refractivity contribution in [3.05, 3.63) is 0 Å². The molecule has 0 unspecified atom stereocenters. The highest BCUT2D eigenvalue weighted by Gasteiger charge is 2.30. The fourth-order valence-electron chi connectivity index (χ4n) is 2.43. The number of piperidine rings is 1. The third kappa shape index (κ3) is 5.49. The van der Waals surface area contributed by atoms with Crippen molar-refractivity contribution >= 4 is 11.8 Å². The zero-order valence-electron chi connectivity index (χ0n) is 13.1. The van der Waals surface area contributed by atoms with Crippen LogP contribution in [0.2, 0.25) is 0 Å². The second-order valence-electron chi connectivity index (χ2n) is 6.63. The molecule has 0 saturated carbocycles. The molecule has 2 amide bonds. The normalized spacial score (nSPS) is 17.1. The van der Waals surface area contributed by atoms with E-state index in [0.717, 1.165) is 38.8 Å². The number of rotatable bonds is 5. The predicted octanol–water partition coefficient (Wildman–Crippen LogP) is 1.27. The molecule has 1 aliphatic rings. The number of carbonyl (C=O) groups is 2. The molecule has 0 bridgehead atoms. The summed E-state index contributed by atoms with van der Waals surface area (Å²) in [5.41, 5.74) is 5.09. The zero-order chi connectivity index (χ0) is 15.2. The molecule has 5 nitrogen and oxygen atoms in total. The Balaban J connectivity index is 2.28. The second kappa shape index (κ2) is 7.62. The van der Waals surface area contributed by atoms with E-state index in [-0.39, 0.29) is 23.3 Å². The van der Waals surface area contributed by atoms with Crippen molar-refractivity contribution in [2.24, 2.45) is 11.1 Å². The molecule has 0 atom stereocenters. The Bertz CT molecular complexity index is 329. The van der Waals surface area contributed by atoms with Crippen LogP contribution in [-0.2, 0) is 9.59 Å². The molecule has 0 radical (unpaired) electrons. The Morgan fingerprint density at radius 3 is 2.30 bits per heavy atom. The molecule has 1 heterocycles. The minimum absolute atomic E-state index is 0.110. The van der Waals surface area contributed by atoms with Gasteiger partial charge in [-0.3, -0.25) is 9.59 Å². The molecule has 1 saturated heterocycles. The van der Waals surface area contributed by atoms with Crippen LogP contribution in [0.5, 0.6) is 0 Å². The predicted molar refractivity (Wildman–Crippen MR) is 80.1 cm³/mol. The van der Waals surface area contributed by atoms with Gasteiger partial charge in [0.1, 0.15) is 0 Å². The number of nitrogens with one attached hydrogen (secondary N) is 1. The van der Waals surface area contributed by atoms with Gasteiger partial charge in [0.25, 0.3) is 0 Å². The van der Waals surface area contributed by atoms with E-state index in [1.807, 2.05) is 25.7 Å². The number of unbranched alkanes of at least 4 members (excludes halogenated alkanes) is 1. The van der Waals surface area contributed by atoms with Crippen molar-refractivity contribution in [2.45, 2.75) is 58.9 Å². The first-order valence-corrected chi connectivity index (χ1v) is 7.63. The van der Waals surface area contributed by atoms with Crippen LogP contribution < -0.4 is 11.1 Å². The lowest BCUT2D eigenvalue weighted by molar-refractivity contribution is -0.140. The van der Waals surface area contributed by atoms with Crippen LogP contribution >= 0.6 is 0 Å². The summed E-state index contributed by atoms with van der Waals surface area (Å²) in [5, 5.41) is 3.06. The van der Waals surface area contributed by atoms with Gasteiger partial charge in [-0.05, 0) is 32.2 Å². The van der Waals surface area contributed by atoms with E-state index in [2.05, 4.69) is 5.32 Å². The zero-order valence-corrected chi connectivity index (χ0v) is 13.1. The van der Waals surface area contributed by atoms with Crippen molar-refractivity contribution in [2.75, 3.05) is 19.6 Å². The summed E-state index contributed by atoms with van der Waals surface area (Å²) < 4.78 is 0. The van der Waals surface area contributed by atoms with E-state index in [1.165, 1.54) is 0 Å². The maximum Gasteiger partial charge on any atom is 0.227 e. The summed E-state index contributed by atoms with van der Waals surface area (Å²) in [7, 11) is 0. The molecule has 3 N–H and O–H groups in total. The Morgan fingerprint density at radius 2 is 1.80 bits per heavy atom. The molecule has 0 spiro atoms. The van der Waals surface area contributed by atoms with Gasteiger partial charge in [0.15, 0.2) is 0 Å². The Hall–Kier alpha value is -1.10. The van der Waals surface area contributed by atoms with Gasteiger partial charge in [0.05, 0.1) is 0 Å². The van der Waals surface area contributed by atoms with Crippen LogP contribution in [0, 0.1) is 5.41 Å². The smallest absolute Gasteiger partial charge is 0.227 e. The summed E-state index contributed by atoms with van der Waals surface area (Å²) >= 11 is 0. The monoisotopic (exact) mass is 283 g/mol. The quantitative estimate of drug-likeness (QED) is 0.746. The van der Waals surface area contributed by atoms with Gasteiger partial charge in [-0.15, -0.1) is 0 Å². The van der Waals surface area contributed by atoms with E-state index in [0.29, 0.717) is 13.0 Å². The van der Waals surface area contributed by atoms with Crippen LogP contribution in [-0.4, -0.2) is 42.4 Å². The van der Waals surface area contributed by atoms with Crippen molar-refractivity contribution in [3.8, 4) is 0 Å². The summed E-state index contributed by atoms with van der Waals surface area (Å²) in [6, 6.07) is 0.212. The third-order valence-corrected chi connectivity index (χ3v) is 3.65. The molecule has 116 valence electrons. The van der Waals surface area contributed by atoms with Crippen LogP contribution in [0.15, 0.2) is 0 Å². The molecule has 1 rings (SSSR count). The van der Waals surface area contributed by atoms with Crippen LogP contribution in [0.4, 0.5) is 0 Å². The average Bonchev–Trinajstić information content (AvgIpc) is 2.38. The van der Waals surface area contributed by atoms with E-state index < -0.39 is 0 Å². The lowest BCUT2D eigenvalue weighted by atomic mass is 9.93. The average molecular weight is 283 g/mol. The van der Waals surface area contributed by atoms with Crippen molar-refractivity contribution in [1.82, 2.24) is 10.2 Å². The van der Waals surface area contributed by atoms with E-state index >= 15 is 0 Å². The van der Waals surface area contributed by atoms with E-state index in [1.54, 1.807) is 0 Å². The summed E-state index contributed by atoms with van der Waals surface area (Å²) in [6.07, 6.45) is 4.00. The van der Waals surface area contributed by atoms with Gasteiger partial charge < -0.3 is 16.0 Å². The summed E-state index contributed by atoms with van der Waals surface area (Å²) in [5.74, 6) is 0.310. The van der Waals surface area contributed by atoms with Gasteiger partial charge >= 0.3 is 0 Å². The van der Waals surface area contributed by atoms with Crippen LogP contribution in [0.25, 0.3) is 0 Å². The molecule has 0 aromatic rings. The number of hydrogen-bond acceptors (Lipinski definition) is 3. The first-order valence-electron chi connectivity index (χ1n) is 7.63. The van der Waals surface area contributed by atoms with E-state index in [9.17, 15) is 9.59 Å². The van der Waals surface area contributed by atoms with Crippen molar-refractivity contribution in [1.29, 1.82) is 0 Å². The molecule has 0 aromatic heterocycles. The first kappa shape index (κ1) is 17.0. The lowest BCUT2D eigenvalue weighted by Crippen LogP contribution is -2.49. The largest absolute Gasteiger partial charge is 0.353 e. The second-order valence-corrected chi connectivity index (χ2v) is 6.63. The first-order chi connectivity index (χ1) is 9.34. The Labute approximate surface area is 122 Å². The van der Waals surface area contributed by atoms with Crippen molar-refractivity contribution < 1.29 is 9.59 Å². The minimum Gasteiger partial charge on any atom is -0.353 e. The fourth-order valence-corrected chi connectivity index (χ4v) is 2.43. The molecular formula is C15H29N3O2. The number of hydrogen-bond donors (Lipinski definition) is 2. The lowest BCUT2D eigenvalue weighted by Gasteiger charge is -2.36. The molecule has 1 aliphatic heterocycles. The Kier molecular flexibility index (Phi) is 6.46. The maximum atomic E-state index is 12.1. The van der Waals surface area contributed by atoms with Crippen LogP contribution in [0.1, 0.15) is 52.9 Å². The highest BCUT2D eigenvalue weighted by Crippen LogP contribution is 2.21. The molecule has 5 heteroatoms. The molecule has 1 fully saturated rings. The molecule has 0 aromatic carbocycles. The number of nitrogens with zero attached hydrogens (tertiary/aromatic N) is 1. The number of likely N-dealkylation sites (tertiary alicyclic amines) is 1. The van der Waals surface area contributed by atoms with Gasteiger partial charge in [-0.1, -0.05) is 20.8 Å². The minimum atomic E-state index is -0.321. The highest BCUT2D eigenvalue weighted by molar-refractivity contribution is 5.81. The highest BCUT2D eigenvalue weighted by atomic mass is 16.2. The number of carbonyl (C=O) groups excluding carboxylic acids is 2. The van der Waals surface area contributed by atoms with Gasteiger partial charge in [0, 0.05) is 31.0 Å². The third-order valence-electron chi connectivity index (χ3n) is 3.65. The summed E-state index contributed by atoms with van der Waals surface area (Å²) in [4.78, 5) is 25.8. The number of amides is 2. The Morgan fingerprint density at radius 1 is 1.20 bits per heavy atom. The van der Waals surface area contributed by atoms with Crippen LogP contribution in [0.3, 0.4) is 0 Å². The van der Waals surface area contributed by atoms with Gasteiger partial charge in [-0.25, -0.2) is 0 Å². The van der Waals surface area contributed by atoms with E-state index in [4.69, 9.17) is 5.73 Å².